The van der Waals surface area contributed by atoms with Crippen LogP contribution in [0.1, 0.15) is 88.0 Å². The summed E-state index contributed by atoms with van der Waals surface area (Å²) in [5.74, 6) is -1.25. The molecule has 0 aliphatic heterocycles. The predicted octanol–water partition coefficient (Wildman–Crippen LogP) is 5.83. The minimum absolute atomic E-state index is 0. The van der Waals surface area contributed by atoms with Crippen LogP contribution in [0.4, 0.5) is 0 Å². The summed E-state index contributed by atoms with van der Waals surface area (Å²) in [7, 11) is 3.07. The highest BCUT2D eigenvalue weighted by molar-refractivity contribution is 5.87. The maximum Gasteiger partial charge on any atom is 0.306 e. The lowest BCUT2D eigenvalue weighted by Gasteiger charge is -2.36. The molecule has 5 atom stereocenters. The lowest BCUT2D eigenvalue weighted by molar-refractivity contribution is -0.150. The van der Waals surface area contributed by atoms with Gasteiger partial charge >= 0.3 is 5.97 Å². The average molecular weight is 471 g/mol. The Morgan fingerprint density at radius 1 is 1.09 bits per heavy atom. The van der Waals surface area contributed by atoms with Crippen molar-refractivity contribution in [3.63, 3.8) is 0 Å². The van der Waals surface area contributed by atoms with Gasteiger partial charge in [0, 0.05) is 20.1 Å². The molecule has 0 heterocycles. The summed E-state index contributed by atoms with van der Waals surface area (Å²) in [4.78, 5) is 24.4. The highest BCUT2D eigenvalue weighted by Gasteiger charge is 2.43. The summed E-state index contributed by atoms with van der Waals surface area (Å²) in [6.45, 7) is 13.4. The number of allylic oxidation sites excluding steroid dienone is 2. The number of aliphatic hydroxyl groups excluding tert-OH is 1. The van der Waals surface area contributed by atoms with E-state index in [9.17, 15) is 14.7 Å². The van der Waals surface area contributed by atoms with Crippen LogP contribution in [0.25, 0.3) is 0 Å². The molecule has 0 aromatic rings. The van der Waals surface area contributed by atoms with Gasteiger partial charge in [0.15, 0.2) is 0 Å². The molecule has 0 saturated carbocycles. The van der Waals surface area contributed by atoms with Gasteiger partial charge in [0.25, 0.3) is 0 Å². The van der Waals surface area contributed by atoms with Crippen LogP contribution in [0.15, 0.2) is 23.3 Å². The van der Waals surface area contributed by atoms with Gasteiger partial charge in [0.2, 0.25) is 0 Å². The van der Waals surface area contributed by atoms with E-state index >= 15 is 0 Å². The Hall–Kier alpha value is -1.50. The molecule has 0 bridgehead atoms. The zero-order valence-electron chi connectivity index (χ0n) is 21.6. The Bertz CT molecular complexity index is 649. The van der Waals surface area contributed by atoms with E-state index in [0.717, 1.165) is 24.8 Å². The Labute approximate surface area is 202 Å². The monoisotopic (exact) mass is 470 g/mol. The fourth-order valence-electron chi connectivity index (χ4n) is 4.28. The highest BCUT2D eigenvalue weighted by Crippen LogP contribution is 2.34. The van der Waals surface area contributed by atoms with Crippen LogP contribution in [0.2, 0.25) is 0 Å². The third kappa shape index (κ3) is 11.0. The summed E-state index contributed by atoms with van der Waals surface area (Å²) < 4.78 is 11.1. The van der Waals surface area contributed by atoms with Crippen molar-refractivity contribution in [2.24, 2.45) is 17.3 Å². The van der Waals surface area contributed by atoms with E-state index in [2.05, 4.69) is 19.9 Å². The highest BCUT2D eigenvalue weighted by atomic mass is 16.5. The second kappa shape index (κ2) is 16.2. The number of carboxylic acids is 1. The van der Waals surface area contributed by atoms with Crippen molar-refractivity contribution in [1.29, 1.82) is 0 Å². The van der Waals surface area contributed by atoms with E-state index in [-0.39, 0.29) is 37.6 Å². The zero-order valence-corrected chi connectivity index (χ0v) is 21.6. The summed E-state index contributed by atoms with van der Waals surface area (Å²) in [5.41, 5.74) is 1.29. The molecule has 0 amide bonds. The Morgan fingerprint density at radius 2 is 1.67 bits per heavy atom. The molecule has 6 nitrogen and oxygen atoms in total. The minimum Gasteiger partial charge on any atom is -0.481 e. The van der Waals surface area contributed by atoms with Gasteiger partial charge in [-0.25, -0.2) is 0 Å². The number of carbonyl (C=O) groups excluding carboxylic acids is 1. The van der Waals surface area contributed by atoms with E-state index in [1.165, 1.54) is 12.7 Å². The first-order chi connectivity index (χ1) is 14.8. The summed E-state index contributed by atoms with van der Waals surface area (Å²) in [6, 6.07) is 0. The van der Waals surface area contributed by atoms with Gasteiger partial charge in [-0.15, -0.1) is 0 Å². The van der Waals surface area contributed by atoms with E-state index in [4.69, 9.17) is 14.6 Å². The van der Waals surface area contributed by atoms with Crippen molar-refractivity contribution in [3.8, 4) is 0 Å². The van der Waals surface area contributed by atoms with Crippen molar-refractivity contribution in [1.82, 2.24) is 0 Å². The topological polar surface area (TPSA) is 93.1 Å². The second-order valence-electron chi connectivity index (χ2n) is 9.60. The minimum atomic E-state index is -0.987. The van der Waals surface area contributed by atoms with Gasteiger partial charge in [-0.05, 0) is 57.9 Å². The van der Waals surface area contributed by atoms with E-state index in [1.807, 2.05) is 26.8 Å². The first-order valence-corrected chi connectivity index (χ1v) is 11.6. The molecule has 0 aliphatic carbocycles. The smallest absolute Gasteiger partial charge is 0.306 e. The third-order valence-electron chi connectivity index (χ3n) is 6.73. The van der Waals surface area contributed by atoms with Gasteiger partial charge in [0.05, 0.1) is 30.1 Å². The van der Waals surface area contributed by atoms with Crippen LogP contribution in [-0.2, 0) is 19.1 Å². The molecule has 0 aromatic heterocycles. The van der Waals surface area contributed by atoms with Crippen LogP contribution in [-0.4, -0.2) is 54.5 Å². The summed E-state index contributed by atoms with van der Waals surface area (Å²) in [6.07, 6.45) is 5.84. The number of ether oxygens (including phenoxy) is 2. The standard InChI is InChI=1S/C26H46O6.CH4/c1-10-18(3)21(27)15-14-17(2)12-11-13-19(4)24(32-9)20(5)25(30)26(6,7)22(31-8)16-23(28)29;/h10,14,19-22,24,27H,11-13,15-16H2,1-9H3,(H,28,29);1H4/b17-14?,18-10+;. The van der Waals surface area contributed by atoms with Crippen molar-refractivity contribution in [3.05, 3.63) is 23.3 Å². The fourth-order valence-corrected chi connectivity index (χ4v) is 4.28. The van der Waals surface area contributed by atoms with Gasteiger partial charge < -0.3 is 19.7 Å². The molecular formula is C27H50O6. The van der Waals surface area contributed by atoms with Crippen molar-refractivity contribution < 1.29 is 29.3 Å². The van der Waals surface area contributed by atoms with Crippen LogP contribution in [0.5, 0.6) is 0 Å². The molecular weight excluding hydrogens is 420 g/mol. The predicted molar refractivity (Wildman–Crippen MR) is 135 cm³/mol. The Morgan fingerprint density at radius 3 is 2.12 bits per heavy atom. The van der Waals surface area contributed by atoms with Gasteiger partial charge in [-0.1, -0.05) is 52.8 Å². The zero-order chi connectivity index (χ0) is 25.1. The first-order valence-electron chi connectivity index (χ1n) is 11.6. The number of aliphatic hydroxyl groups is 1. The average Bonchev–Trinajstić information content (AvgIpc) is 2.74. The Balaban J connectivity index is 0. The van der Waals surface area contributed by atoms with Crippen molar-refractivity contribution in [2.75, 3.05) is 14.2 Å². The largest absolute Gasteiger partial charge is 0.481 e. The lowest BCUT2D eigenvalue weighted by atomic mass is 9.72. The third-order valence-corrected chi connectivity index (χ3v) is 6.73. The number of aliphatic carboxylic acids is 1. The molecule has 0 radical (unpaired) electrons. The second-order valence-corrected chi connectivity index (χ2v) is 9.60. The maximum absolute atomic E-state index is 13.3. The molecule has 6 heteroatoms. The molecule has 2 N–H and O–H groups in total. The molecule has 5 unspecified atom stereocenters. The summed E-state index contributed by atoms with van der Waals surface area (Å²) in [5, 5.41) is 19.2. The van der Waals surface area contributed by atoms with E-state index in [1.54, 1.807) is 21.0 Å². The van der Waals surface area contributed by atoms with Crippen LogP contribution < -0.4 is 0 Å². The molecule has 33 heavy (non-hydrogen) atoms. The quantitative estimate of drug-likeness (QED) is 0.276. The number of rotatable bonds is 16. The van der Waals surface area contributed by atoms with E-state index in [0.29, 0.717) is 6.42 Å². The molecule has 0 aromatic carbocycles. The number of carboxylic acid groups (broad SMARTS) is 1. The van der Waals surface area contributed by atoms with Gasteiger partial charge in [-0.3, -0.25) is 9.59 Å². The number of methoxy groups -OCH3 is 2. The Kier molecular flexibility index (Phi) is 16.5. The molecule has 0 fully saturated rings. The lowest BCUT2D eigenvalue weighted by Crippen LogP contribution is -2.46. The van der Waals surface area contributed by atoms with E-state index < -0.39 is 23.6 Å². The molecule has 0 aliphatic rings. The van der Waals surface area contributed by atoms with Gasteiger partial charge in [-0.2, -0.15) is 0 Å². The number of carbonyl (C=O) groups is 2. The van der Waals surface area contributed by atoms with Crippen LogP contribution in [0.3, 0.4) is 0 Å². The molecule has 194 valence electrons. The summed E-state index contributed by atoms with van der Waals surface area (Å²) >= 11 is 0. The first kappa shape index (κ1) is 33.7. The number of Topliss-reactive ketones (excluding diaryl/α,β-unsaturated/α-hetero) is 1. The molecule has 0 rings (SSSR count). The molecule has 0 spiro atoms. The normalized spacial score (nSPS) is 17.5. The van der Waals surface area contributed by atoms with Gasteiger partial charge in [0.1, 0.15) is 5.78 Å². The fraction of sp³-hybridized carbons (Fsp3) is 0.778. The van der Waals surface area contributed by atoms with Crippen molar-refractivity contribution in [2.45, 2.75) is 106 Å². The number of hydrogen-bond acceptors (Lipinski definition) is 5. The SMILES string of the molecule is C.C/C=C(\C)C(O)CC=C(C)CCCC(C)C(OC)C(C)C(=O)C(C)(C)C(CC(=O)O)OC. The maximum atomic E-state index is 13.3. The van der Waals surface area contributed by atoms with Crippen LogP contribution >= 0.6 is 0 Å². The molecule has 0 saturated heterocycles. The number of hydrogen-bond donors (Lipinski definition) is 2. The van der Waals surface area contributed by atoms with Crippen LogP contribution in [0, 0.1) is 17.3 Å². The van der Waals surface area contributed by atoms with Crippen molar-refractivity contribution >= 4 is 11.8 Å². The number of ketones is 1.